The average molecular weight is 181 g/mol. The van der Waals surface area contributed by atoms with Crippen LogP contribution in [-0.2, 0) is 18.7 Å². The second-order valence-corrected chi connectivity index (χ2v) is 2.73. The van der Waals surface area contributed by atoms with Gasteiger partial charge in [0.05, 0.1) is 12.7 Å². The van der Waals surface area contributed by atoms with Gasteiger partial charge in [-0.25, -0.2) is 9.45 Å². The lowest BCUT2D eigenvalue weighted by Crippen LogP contribution is -1.96. The van der Waals surface area contributed by atoms with E-state index in [2.05, 4.69) is 14.1 Å². The van der Waals surface area contributed by atoms with Crippen LogP contribution in [0.3, 0.4) is 0 Å². The van der Waals surface area contributed by atoms with Gasteiger partial charge in [-0.05, 0) is 6.92 Å². The summed E-state index contributed by atoms with van der Waals surface area (Å²) >= 11 is 0. The highest BCUT2D eigenvalue weighted by Crippen LogP contribution is 2.42. The highest BCUT2D eigenvalue weighted by molar-refractivity contribution is 7.47. The molecule has 7 heteroatoms. The van der Waals surface area contributed by atoms with Crippen molar-refractivity contribution in [2.75, 3.05) is 13.2 Å². The molecule has 1 N–H and O–H groups in total. The van der Waals surface area contributed by atoms with Crippen molar-refractivity contribution in [1.82, 2.24) is 0 Å². The lowest BCUT2D eigenvalue weighted by molar-refractivity contribution is -0.219. The van der Waals surface area contributed by atoms with Crippen LogP contribution in [-0.4, -0.2) is 18.1 Å². The van der Waals surface area contributed by atoms with Crippen molar-refractivity contribution in [3.63, 3.8) is 0 Å². The second kappa shape index (κ2) is 5.24. The Bertz CT molecular complexity index is 187. The lowest BCUT2D eigenvalue weighted by atomic mass is 10.9. The number of phosphoric ester groups is 1. The van der Waals surface area contributed by atoms with Gasteiger partial charge < -0.3 is 4.89 Å². The zero-order chi connectivity index (χ0) is 8.74. The maximum Gasteiger partial charge on any atom is 0.500 e. The molecule has 0 saturated heterocycles. The van der Waals surface area contributed by atoms with Crippen molar-refractivity contribution in [1.29, 1.82) is 5.26 Å². The van der Waals surface area contributed by atoms with E-state index in [1.165, 1.54) is 6.07 Å². The van der Waals surface area contributed by atoms with E-state index < -0.39 is 14.4 Å². The quantitative estimate of drug-likeness (QED) is 0.379. The minimum Gasteiger partial charge on any atom is -0.301 e. The van der Waals surface area contributed by atoms with E-state index in [0.717, 1.165) is 0 Å². The number of nitrogens with zero attached hydrogens (tertiary/aromatic N) is 1. The Morgan fingerprint density at radius 3 is 2.82 bits per heavy atom. The normalized spacial score (nSPS) is 15.4. The molecular weight excluding hydrogens is 173 g/mol. The van der Waals surface area contributed by atoms with Crippen LogP contribution in [0.15, 0.2) is 0 Å². The largest absolute Gasteiger partial charge is 0.500 e. The summed E-state index contributed by atoms with van der Waals surface area (Å²) in [5.41, 5.74) is 0. The van der Waals surface area contributed by atoms with Crippen molar-refractivity contribution >= 4 is 7.82 Å². The third-order valence-electron chi connectivity index (χ3n) is 0.557. The molecule has 0 aliphatic heterocycles. The standard InChI is InChI=1S/C4H8NO5P/c1-2-8-10-11(6,7)9-4-3-5/h2,4H2,1H3,(H,6,7). The summed E-state index contributed by atoms with van der Waals surface area (Å²) in [6, 6.07) is 1.51. The monoisotopic (exact) mass is 181 g/mol. The van der Waals surface area contributed by atoms with Gasteiger partial charge in [0.1, 0.15) is 6.61 Å². The smallest absolute Gasteiger partial charge is 0.301 e. The molecule has 11 heavy (non-hydrogen) atoms. The minimum atomic E-state index is -4.17. The molecule has 0 spiro atoms. The van der Waals surface area contributed by atoms with Crippen LogP contribution in [0.2, 0.25) is 0 Å². The van der Waals surface area contributed by atoms with E-state index >= 15 is 0 Å². The van der Waals surface area contributed by atoms with Crippen molar-refractivity contribution in [3.05, 3.63) is 0 Å². The molecule has 0 amide bonds. The summed E-state index contributed by atoms with van der Waals surface area (Å²) in [7, 11) is -4.17. The summed E-state index contributed by atoms with van der Waals surface area (Å²) < 4.78 is 18.6. The fraction of sp³-hybridized carbons (Fsp3) is 0.750. The molecule has 6 nitrogen and oxygen atoms in total. The van der Waals surface area contributed by atoms with Gasteiger partial charge in [-0.1, -0.05) is 0 Å². The van der Waals surface area contributed by atoms with Crippen LogP contribution in [0.25, 0.3) is 0 Å². The number of rotatable bonds is 5. The summed E-state index contributed by atoms with van der Waals surface area (Å²) in [6.45, 7) is 1.19. The van der Waals surface area contributed by atoms with Crippen molar-refractivity contribution in [2.45, 2.75) is 6.92 Å². The Morgan fingerprint density at radius 2 is 2.36 bits per heavy atom. The Balaban J connectivity index is 3.64. The topological polar surface area (TPSA) is 88.8 Å². The van der Waals surface area contributed by atoms with Crippen LogP contribution in [0.1, 0.15) is 6.92 Å². The Hall–Kier alpha value is -0.440. The van der Waals surface area contributed by atoms with Crippen LogP contribution < -0.4 is 0 Å². The number of nitriles is 1. The fourth-order valence-electron chi connectivity index (χ4n) is 0.251. The molecule has 0 aliphatic rings. The van der Waals surface area contributed by atoms with Crippen LogP contribution in [0.4, 0.5) is 0 Å². The van der Waals surface area contributed by atoms with Crippen molar-refractivity contribution < 1.29 is 23.5 Å². The maximum absolute atomic E-state index is 10.6. The number of hydrogen-bond acceptors (Lipinski definition) is 5. The summed E-state index contributed by atoms with van der Waals surface area (Å²) in [6.07, 6.45) is 0. The first-order chi connectivity index (χ1) is 5.12. The fourth-order valence-corrected chi connectivity index (χ4v) is 0.754. The van der Waals surface area contributed by atoms with Gasteiger partial charge in [0.2, 0.25) is 0 Å². The van der Waals surface area contributed by atoms with Gasteiger partial charge >= 0.3 is 7.82 Å². The van der Waals surface area contributed by atoms with Gasteiger partial charge in [0, 0.05) is 0 Å². The first-order valence-electron chi connectivity index (χ1n) is 2.78. The zero-order valence-corrected chi connectivity index (χ0v) is 6.78. The van der Waals surface area contributed by atoms with Gasteiger partial charge in [-0.3, -0.25) is 4.52 Å². The summed E-state index contributed by atoms with van der Waals surface area (Å²) in [5, 5.41) is 7.95. The maximum atomic E-state index is 10.6. The van der Waals surface area contributed by atoms with Crippen LogP contribution in [0, 0.1) is 11.3 Å². The van der Waals surface area contributed by atoms with E-state index in [1.54, 1.807) is 6.92 Å². The predicted molar refractivity (Wildman–Crippen MR) is 34.1 cm³/mol. The predicted octanol–water partition coefficient (Wildman–Crippen LogP) is 0.595. The van der Waals surface area contributed by atoms with Gasteiger partial charge in [0.25, 0.3) is 0 Å². The van der Waals surface area contributed by atoms with E-state index in [-0.39, 0.29) is 6.61 Å². The highest BCUT2D eigenvalue weighted by atomic mass is 31.2. The lowest BCUT2D eigenvalue weighted by Gasteiger charge is -2.06. The third-order valence-corrected chi connectivity index (χ3v) is 1.31. The SMILES string of the molecule is CCOOP(=O)(O)OCC#N. The minimum absolute atomic E-state index is 0.125. The van der Waals surface area contributed by atoms with Crippen molar-refractivity contribution in [3.8, 4) is 6.07 Å². The molecule has 0 bridgehead atoms. The molecular formula is C4H8NO5P. The average Bonchev–Trinajstić information content (AvgIpc) is 1.97. The van der Waals surface area contributed by atoms with E-state index in [0.29, 0.717) is 0 Å². The molecule has 64 valence electrons. The first-order valence-corrected chi connectivity index (χ1v) is 4.27. The molecule has 0 aromatic heterocycles. The molecule has 0 fully saturated rings. The molecule has 0 aromatic carbocycles. The molecule has 0 aliphatic carbocycles. The summed E-state index contributed by atoms with van der Waals surface area (Å²) in [5.74, 6) is 0. The van der Waals surface area contributed by atoms with Gasteiger partial charge in [0.15, 0.2) is 0 Å². The molecule has 0 radical (unpaired) electrons. The molecule has 1 unspecified atom stereocenters. The number of hydrogen-bond donors (Lipinski definition) is 1. The van der Waals surface area contributed by atoms with Crippen molar-refractivity contribution in [2.24, 2.45) is 0 Å². The van der Waals surface area contributed by atoms with E-state index in [9.17, 15) is 4.57 Å². The van der Waals surface area contributed by atoms with Gasteiger partial charge in [-0.2, -0.15) is 5.26 Å². The molecule has 0 rings (SSSR count). The molecule has 0 heterocycles. The van der Waals surface area contributed by atoms with Crippen LogP contribution in [0.5, 0.6) is 0 Å². The second-order valence-electron chi connectivity index (χ2n) is 1.38. The van der Waals surface area contributed by atoms with Gasteiger partial charge in [-0.15, -0.1) is 4.67 Å². The number of phosphoric acid groups is 1. The van der Waals surface area contributed by atoms with E-state index in [4.69, 9.17) is 10.2 Å². The Kier molecular flexibility index (Phi) is 5.03. The molecule has 1 atom stereocenters. The van der Waals surface area contributed by atoms with Crippen LogP contribution >= 0.6 is 7.82 Å². The Morgan fingerprint density at radius 1 is 1.73 bits per heavy atom. The molecule has 0 aromatic rings. The molecule has 0 saturated carbocycles. The van der Waals surface area contributed by atoms with E-state index in [1.807, 2.05) is 0 Å². The highest BCUT2D eigenvalue weighted by Gasteiger charge is 2.21. The Labute approximate surface area is 63.8 Å². The zero-order valence-electron chi connectivity index (χ0n) is 5.89. The third kappa shape index (κ3) is 5.98. The summed E-state index contributed by atoms with van der Waals surface area (Å²) in [4.78, 5) is 12.8. The first kappa shape index (κ1) is 10.6.